The second-order valence-corrected chi connectivity index (χ2v) is 7.60. The van der Waals surface area contributed by atoms with Gasteiger partial charge in [0.05, 0.1) is 11.5 Å². The van der Waals surface area contributed by atoms with Gasteiger partial charge in [-0.2, -0.15) is 0 Å². The number of nitrogens with zero attached hydrogens (tertiary/aromatic N) is 1. The molecule has 0 spiro atoms. The van der Waals surface area contributed by atoms with Gasteiger partial charge in [-0.3, -0.25) is 9.59 Å². The van der Waals surface area contributed by atoms with Crippen molar-refractivity contribution < 1.29 is 23.9 Å². The molecular weight excluding hydrogens is 392 g/mol. The Bertz CT molecular complexity index is 845. The van der Waals surface area contributed by atoms with Crippen molar-refractivity contribution >= 4 is 34.8 Å². The molecule has 8 heteroatoms. The van der Waals surface area contributed by atoms with Crippen LogP contribution in [-0.2, 0) is 14.3 Å². The third kappa shape index (κ3) is 5.80. The summed E-state index contributed by atoms with van der Waals surface area (Å²) in [4.78, 5) is 38.9. The molecule has 0 radical (unpaired) electrons. The van der Waals surface area contributed by atoms with Gasteiger partial charge < -0.3 is 19.7 Å². The smallest absolute Gasteiger partial charge is 0.344 e. The number of carbonyl (C=O) groups is 3. The molecule has 1 aromatic carbocycles. The molecule has 0 saturated carbocycles. The van der Waals surface area contributed by atoms with Gasteiger partial charge in [-0.1, -0.05) is 12.1 Å². The van der Waals surface area contributed by atoms with Crippen molar-refractivity contribution in [2.45, 2.75) is 19.8 Å². The Morgan fingerprint density at radius 2 is 1.97 bits per heavy atom. The minimum Gasteiger partial charge on any atom is -0.482 e. The molecule has 0 atom stereocenters. The SMILES string of the molecule is CCOC(=O)COc1cccc(NC(=O)C2CCN(C(=O)c3cccs3)CC2)c1. The van der Waals surface area contributed by atoms with E-state index in [2.05, 4.69) is 5.32 Å². The number of benzene rings is 1. The number of rotatable bonds is 7. The highest BCUT2D eigenvalue weighted by molar-refractivity contribution is 7.12. The molecule has 29 heavy (non-hydrogen) atoms. The largest absolute Gasteiger partial charge is 0.482 e. The van der Waals surface area contributed by atoms with Gasteiger partial charge in [0.2, 0.25) is 5.91 Å². The lowest BCUT2D eigenvalue weighted by molar-refractivity contribution is -0.145. The van der Waals surface area contributed by atoms with Gasteiger partial charge in [-0.05, 0) is 43.3 Å². The van der Waals surface area contributed by atoms with Crippen molar-refractivity contribution in [3.05, 3.63) is 46.7 Å². The van der Waals surface area contributed by atoms with Crippen LogP contribution in [0.3, 0.4) is 0 Å². The fourth-order valence-electron chi connectivity index (χ4n) is 3.15. The summed E-state index contributed by atoms with van der Waals surface area (Å²) in [6.07, 6.45) is 1.25. The second kappa shape index (κ2) is 10.1. The summed E-state index contributed by atoms with van der Waals surface area (Å²) in [6, 6.07) is 10.6. The molecule has 1 N–H and O–H groups in total. The molecule has 2 heterocycles. The molecule has 1 saturated heterocycles. The lowest BCUT2D eigenvalue weighted by atomic mass is 9.95. The Morgan fingerprint density at radius 3 is 2.66 bits per heavy atom. The van der Waals surface area contributed by atoms with E-state index in [-0.39, 0.29) is 24.3 Å². The van der Waals surface area contributed by atoms with Crippen LogP contribution in [0.25, 0.3) is 0 Å². The van der Waals surface area contributed by atoms with Gasteiger partial charge in [0.15, 0.2) is 6.61 Å². The number of ether oxygens (including phenoxy) is 2. The lowest BCUT2D eigenvalue weighted by Gasteiger charge is -2.31. The van der Waals surface area contributed by atoms with Crippen LogP contribution in [0.2, 0.25) is 0 Å². The van der Waals surface area contributed by atoms with Crippen LogP contribution < -0.4 is 10.1 Å². The third-order valence-corrected chi connectivity index (χ3v) is 5.51. The van der Waals surface area contributed by atoms with Crippen molar-refractivity contribution in [1.29, 1.82) is 0 Å². The molecule has 1 aliphatic rings. The minimum atomic E-state index is -0.439. The van der Waals surface area contributed by atoms with Gasteiger partial charge >= 0.3 is 5.97 Å². The highest BCUT2D eigenvalue weighted by atomic mass is 32.1. The first-order valence-electron chi connectivity index (χ1n) is 9.59. The molecule has 3 rings (SSSR count). The quantitative estimate of drug-likeness (QED) is 0.701. The Hall–Kier alpha value is -2.87. The molecule has 154 valence electrons. The molecule has 0 aliphatic carbocycles. The summed E-state index contributed by atoms with van der Waals surface area (Å²) >= 11 is 1.43. The number of piperidine rings is 1. The number of anilines is 1. The zero-order chi connectivity index (χ0) is 20.6. The second-order valence-electron chi connectivity index (χ2n) is 6.65. The molecule has 0 unspecified atom stereocenters. The Labute approximate surface area is 173 Å². The Morgan fingerprint density at radius 1 is 1.17 bits per heavy atom. The van der Waals surface area contributed by atoms with Crippen LogP contribution in [0.5, 0.6) is 5.75 Å². The predicted molar refractivity (Wildman–Crippen MR) is 110 cm³/mol. The number of esters is 1. The number of amides is 2. The maximum Gasteiger partial charge on any atom is 0.344 e. The summed E-state index contributed by atoms with van der Waals surface area (Å²) in [5, 5.41) is 4.79. The van der Waals surface area contributed by atoms with E-state index < -0.39 is 5.97 Å². The van der Waals surface area contributed by atoms with Gasteiger partial charge in [0.25, 0.3) is 5.91 Å². The van der Waals surface area contributed by atoms with Gasteiger partial charge in [0.1, 0.15) is 5.75 Å². The van der Waals surface area contributed by atoms with E-state index in [0.717, 1.165) is 4.88 Å². The lowest BCUT2D eigenvalue weighted by Crippen LogP contribution is -2.41. The zero-order valence-corrected chi connectivity index (χ0v) is 17.1. The highest BCUT2D eigenvalue weighted by Gasteiger charge is 2.28. The normalized spacial score (nSPS) is 14.3. The summed E-state index contributed by atoms with van der Waals surface area (Å²) < 4.78 is 10.2. The average Bonchev–Trinajstić information content (AvgIpc) is 3.27. The van der Waals surface area contributed by atoms with E-state index in [1.54, 1.807) is 36.1 Å². The van der Waals surface area contributed by atoms with E-state index in [0.29, 0.717) is 44.0 Å². The number of hydrogen-bond donors (Lipinski definition) is 1. The molecule has 1 aliphatic heterocycles. The van der Waals surface area contributed by atoms with Crippen molar-refractivity contribution in [2.75, 3.05) is 31.6 Å². The maximum absolute atomic E-state index is 12.6. The van der Waals surface area contributed by atoms with Crippen LogP contribution in [0.15, 0.2) is 41.8 Å². The van der Waals surface area contributed by atoms with Gasteiger partial charge in [-0.15, -0.1) is 11.3 Å². The number of carbonyl (C=O) groups excluding carboxylic acids is 3. The standard InChI is InChI=1S/C21H24N2O5S/c1-2-27-19(24)14-28-17-6-3-5-16(13-17)22-20(25)15-8-10-23(11-9-15)21(26)18-7-4-12-29-18/h3-7,12-13,15H,2,8-11,14H2,1H3,(H,22,25). The first-order valence-corrected chi connectivity index (χ1v) is 10.5. The first-order chi connectivity index (χ1) is 14.1. The summed E-state index contributed by atoms with van der Waals surface area (Å²) in [6.45, 7) is 2.99. The monoisotopic (exact) mass is 416 g/mol. The van der Waals surface area contributed by atoms with Crippen molar-refractivity contribution in [3.63, 3.8) is 0 Å². The van der Waals surface area contributed by atoms with E-state index >= 15 is 0 Å². The molecule has 2 aromatic rings. The van der Waals surface area contributed by atoms with Gasteiger partial charge in [0, 0.05) is 30.8 Å². The topological polar surface area (TPSA) is 84.9 Å². The average molecular weight is 416 g/mol. The molecule has 1 aromatic heterocycles. The van der Waals surface area contributed by atoms with Crippen LogP contribution in [0.4, 0.5) is 5.69 Å². The Balaban J connectivity index is 1.49. The van der Waals surface area contributed by atoms with E-state index in [1.807, 2.05) is 17.5 Å². The summed E-state index contributed by atoms with van der Waals surface area (Å²) in [5.74, 6) is -0.148. The molecule has 2 amide bonds. The van der Waals surface area contributed by atoms with E-state index in [9.17, 15) is 14.4 Å². The van der Waals surface area contributed by atoms with Crippen molar-refractivity contribution in [1.82, 2.24) is 4.90 Å². The van der Waals surface area contributed by atoms with Gasteiger partial charge in [-0.25, -0.2) is 4.79 Å². The van der Waals surface area contributed by atoms with E-state index in [4.69, 9.17) is 9.47 Å². The fraction of sp³-hybridized carbons (Fsp3) is 0.381. The summed E-state index contributed by atoms with van der Waals surface area (Å²) in [7, 11) is 0. The fourth-order valence-corrected chi connectivity index (χ4v) is 3.84. The number of thiophene rings is 1. The molecule has 1 fully saturated rings. The maximum atomic E-state index is 12.6. The van der Waals surface area contributed by atoms with Crippen LogP contribution in [0.1, 0.15) is 29.4 Å². The van der Waals surface area contributed by atoms with Crippen LogP contribution >= 0.6 is 11.3 Å². The number of hydrogen-bond acceptors (Lipinski definition) is 6. The predicted octanol–water partition coefficient (Wildman–Crippen LogP) is 3.18. The zero-order valence-electron chi connectivity index (χ0n) is 16.3. The number of likely N-dealkylation sites (tertiary alicyclic amines) is 1. The van der Waals surface area contributed by atoms with Crippen LogP contribution in [0, 0.1) is 5.92 Å². The summed E-state index contributed by atoms with van der Waals surface area (Å²) in [5.41, 5.74) is 0.605. The molecule has 7 nitrogen and oxygen atoms in total. The van der Waals surface area contributed by atoms with Crippen LogP contribution in [-0.4, -0.2) is 49.0 Å². The third-order valence-electron chi connectivity index (χ3n) is 4.65. The Kier molecular flexibility index (Phi) is 7.24. The van der Waals surface area contributed by atoms with Crippen molar-refractivity contribution in [2.24, 2.45) is 5.92 Å². The minimum absolute atomic E-state index is 0.0327. The molecular formula is C21H24N2O5S. The highest BCUT2D eigenvalue weighted by Crippen LogP contribution is 2.23. The van der Waals surface area contributed by atoms with E-state index in [1.165, 1.54) is 11.3 Å². The first kappa shape index (κ1) is 20.9. The van der Waals surface area contributed by atoms with Crippen molar-refractivity contribution in [3.8, 4) is 5.75 Å². The molecule has 0 bridgehead atoms. The number of nitrogens with one attached hydrogen (secondary N) is 1.